The van der Waals surface area contributed by atoms with Gasteiger partial charge in [0.1, 0.15) is 0 Å². The molecule has 0 radical (unpaired) electrons. The average molecular weight is 227 g/mol. The molecule has 0 amide bonds. The molecule has 1 fully saturated rings. The fourth-order valence-corrected chi connectivity index (χ4v) is 2.48. The van der Waals surface area contributed by atoms with E-state index < -0.39 is 0 Å². The van der Waals surface area contributed by atoms with E-state index in [4.69, 9.17) is 5.73 Å². The van der Waals surface area contributed by atoms with Gasteiger partial charge in [0.25, 0.3) is 0 Å². The third kappa shape index (κ3) is 3.04. The molecule has 1 atom stereocenters. The van der Waals surface area contributed by atoms with Crippen molar-refractivity contribution >= 4 is 22.6 Å². The monoisotopic (exact) mass is 227 g/mol. The lowest BCUT2D eigenvalue weighted by molar-refractivity contribution is 0.217. The zero-order valence-electron chi connectivity index (χ0n) is 8.94. The number of piperidine rings is 1. The zero-order chi connectivity index (χ0) is 10.7. The van der Waals surface area contributed by atoms with E-state index in [1.54, 1.807) is 0 Å². The van der Waals surface area contributed by atoms with Gasteiger partial charge >= 0.3 is 0 Å². The molecule has 0 aliphatic carbocycles. The van der Waals surface area contributed by atoms with Gasteiger partial charge in [-0.3, -0.25) is 0 Å². The van der Waals surface area contributed by atoms with Crippen molar-refractivity contribution in [2.24, 2.45) is 5.92 Å². The summed E-state index contributed by atoms with van der Waals surface area (Å²) in [5.74, 6) is 1.08. The Labute approximate surface area is 93.9 Å². The Bertz CT molecular complexity index is 313. The normalized spacial score (nSPS) is 22.9. The molecule has 15 heavy (non-hydrogen) atoms. The average Bonchev–Trinajstić information content (AvgIpc) is 2.62. The second-order valence-corrected chi connectivity index (χ2v) is 4.86. The SMILES string of the molecule is CN1CCCC(CNc2nc(N)ns2)C1. The van der Waals surface area contributed by atoms with Crippen molar-refractivity contribution in [1.29, 1.82) is 0 Å². The molecule has 1 unspecified atom stereocenters. The van der Waals surface area contributed by atoms with Crippen LogP contribution in [0.25, 0.3) is 0 Å². The standard InChI is InChI=1S/C9H17N5S/c1-14-4-2-3-7(6-14)5-11-9-12-8(10)13-15-9/h7H,2-6H2,1H3,(H3,10,11,12,13). The molecule has 0 saturated carbocycles. The van der Waals surface area contributed by atoms with Crippen molar-refractivity contribution in [2.75, 3.05) is 37.7 Å². The number of nitrogens with one attached hydrogen (secondary N) is 1. The summed E-state index contributed by atoms with van der Waals surface area (Å²) in [5.41, 5.74) is 5.45. The van der Waals surface area contributed by atoms with Crippen LogP contribution in [0.2, 0.25) is 0 Å². The summed E-state index contributed by atoms with van der Waals surface area (Å²) >= 11 is 1.33. The minimum Gasteiger partial charge on any atom is -0.367 e. The second-order valence-electron chi connectivity index (χ2n) is 4.11. The van der Waals surface area contributed by atoms with Gasteiger partial charge < -0.3 is 16.0 Å². The highest BCUT2D eigenvalue weighted by Gasteiger charge is 2.17. The van der Waals surface area contributed by atoms with Crippen LogP contribution in [0.5, 0.6) is 0 Å². The smallest absolute Gasteiger partial charge is 0.233 e. The molecule has 3 N–H and O–H groups in total. The number of hydrogen-bond acceptors (Lipinski definition) is 6. The van der Waals surface area contributed by atoms with E-state index >= 15 is 0 Å². The predicted octanol–water partition coefficient (Wildman–Crippen LogP) is 0.874. The fraction of sp³-hybridized carbons (Fsp3) is 0.778. The minimum absolute atomic E-state index is 0.364. The van der Waals surface area contributed by atoms with Crippen molar-refractivity contribution in [3.05, 3.63) is 0 Å². The number of hydrogen-bond donors (Lipinski definition) is 2. The highest BCUT2D eigenvalue weighted by molar-refractivity contribution is 7.09. The lowest BCUT2D eigenvalue weighted by Crippen LogP contribution is -2.35. The molecule has 84 valence electrons. The Morgan fingerprint density at radius 3 is 3.20 bits per heavy atom. The lowest BCUT2D eigenvalue weighted by Gasteiger charge is -2.29. The number of nitrogens with two attached hydrogens (primary N) is 1. The second kappa shape index (κ2) is 4.76. The van der Waals surface area contributed by atoms with E-state index in [-0.39, 0.29) is 0 Å². The first-order chi connectivity index (χ1) is 7.24. The van der Waals surface area contributed by atoms with Crippen LogP contribution in [0.15, 0.2) is 0 Å². The molecule has 1 aliphatic rings. The maximum atomic E-state index is 5.45. The van der Waals surface area contributed by atoms with Gasteiger partial charge in [0, 0.05) is 24.6 Å². The van der Waals surface area contributed by atoms with Crippen LogP contribution in [0, 0.1) is 5.92 Å². The summed E-state index contributed by atoms with van der Waals surface area (Å²) in [5, 5.41) is 4.13. The van der Waals surface area contributed by atoms with Crippen molar-refractivity contribution in [3.63, 3.8) is 0 Å². The van der Waals surface area contributed by atoms with Crippen molar-refractivity contribution in [3.8, 4) is 0 Å². The maximum Gasteiger partial charge on any atom is 0.233 e. The summed E-state index contributed by atoms with van der Waals surface area (Å²) in [6, 6.07) is 0. The summed E-state index contributed by atoms with van der Waals surface area (Å²) in [7, 11) is 2.18. The molecule has 0 aromatic carbocycles. The third-order valence-corrected chi connectivity index (χ3v) is 3.39. The van der Waals surface area contributed by atoms with Crippen molar-refractivity contribution < 1.29 is 0 Å². The first-order valence-corrected chi connectivity index (χ1v) is 6.03. The first-order valence-electron chi connectivity index (χ1n) is 5.25. The number of nitrogen functional groups attached to an aromatic ring is 1. The van der Waals surface area contributed by atoms with Gasteiger partial charge in [0.2, 0.25) is 11.1 Å². The minimum atomic E-state index is 0.364. The summed E-state index contributed by atoms with van der Waals surface area (Å²) in [6.45, 7) is 3.36. The van der Waals surface area contributed by atoms with Crippen LogP contribution in [0.1, 0.15) is 12.8 Å². The van der Waals surface area contributed by atoms with Crippen LogP contribution in [0.3, 0.4) is 0 Å². The highest BCUT2D eigenvalue weighted by atomic mass is 32.1. The Morgan fingerprint density at radius 1 is 1.67 bits per heavy atom. The van der Waals surface area contributed by atoms with Gasteiger partial charge in [-0.25, -0.2) is 0 Å². The molecule has 0 spiro atoms. The van der Waals surface area contributed by atoms with E-state index in [1.165, 1.54) is 37.5 Å². The van der Waals surface area contributed by atoms with Crippen LogP contribution in [0.4, 0.5) is 11.1 Å². The number of aromatic nitrogens is 2. The van der Waals surface area contributed by atoms with Gasteiger partial charge in [0.15, 0.2) is 0 Å². The van der Waals surface area contributed by atoms with E-state index in [0.29, 0.717) is 11.9 Å². The van der Waals surface area contributed by atoms with E-state index in [9.17, 15) is 0 Å². The third-order valence-electron chi connectivity index (χ3n) is 2.71. The predicted molar refractivity (Wildman–Crippen MR) is 63.0 cm³/mol. The van der Waals surface area contributed by atoms with Gasteiger partial charge in [0.05, 0.1) is 0 Å². The topological polar surface area (TPSA) is 67.1 Å². The molecule has 6 heteroatoms. The molecular formula is C9H17N5S. The molecular weight excluding hydrogens is 210 g/mol. The molecule has 1 aromatic rings. The van der Waals surface area contributed by atoms with Gasteiger partial charge in [-0.05, 0) is 32.4 Å². The zero-order valence-corrected chi connectivity index (χ0v) is 9.76. The van der Waals surface area contributed by atoms with Gasteiger partial charge in [-0.15, -0.1) is 0 Å². The number of anilines is 2. The van der Waals surface area contributed by atoms with Crippen LogP contribution in [-0.4, -0.2) is 40.9 Å². The maximum absolute atomic E-state index is 5.45. The molecule has 5 nitrogen and oxygen atoms in total. The van der Waals surface area contributed by atoms with Crippen molar-refractivity contribution in [1.82, 2.24) is 14.3 Å². The summed E-state index contributed by atoms with van der Waals surface area (Å²) in [4.78, 5) is 6.45. The van der Waals surface area contributed by atoms with Gasteiger partial charge in [-0.1, -0.05) is 0 Å². The Kier molecular flexibility index (Phi) is 3.37. The quantitative estimate of drug-likeness (QED) is 0.802. The Balaban J connectivity index is 1.77. The fourth-order valence-electron chi connectivity index (χ4n) is 1.98. The first kappa shape index (κ1) is 10.6. The molecule has 1 aliphatic heterocycles. The molecule has 1 aromatic heterocycles. The van der Waals surface area contributed by atoms with E-state index in [2.05, 4.69) is 26.6 Å². The van der Waals surface area contributed by atoms with Gasteiger partial charge in [-0.2, -0.15) is 9.36 Å². The number of rotatable bonds is 3. The van der Waals surface area contributed by atoms with Crippen LogP contribution in [-0.2, 0) is 0 Å². The molecule has 1 saturated heterocycles. The van der Waals surface area contributed by atoms with Crippen molar-refractivity contribution in [2.45, 2.75) is 12.8 Å². The number of nitrogens with zero attached hydrogens (tertiary/aromatic N) is 3. The Morgan fingerprint density at radius 2 is 2.53 bits per heavy atom. The van der Waals surface area contributed by atoms with Crippen LogP contribution < -0.4 is 11.1 Å². The van der Waals surface area contributed by atoms with Crippen LogP contribution >= 0.6 is 11.5 Å². The Hall–Kier alpha value is -0.880. The lowest BCUT2D eigenvalue weighted by atomic mass is 9.99. The van der Waals surface area contributed by atoms with E-state index in [1.807, 2.05) is 0 Å². The summed E-state index contributed by atoms with van der Waals surface area (Å²) in [6.07, 6.45) is 2.59. The molecule has 2 heterocycles. The molecule has 2 rings (SSSR count). The van der Waals surface area contributed by atoms with E-state index in [0.717, 1.165) is 11.7 Å². The largest absolute Gasteiger partial charge is 0.367 e. The molecule has 0 bridgehead atoms. The highest BCUT2D eigenvalue weighted by Crippen LogP contribution is 2.17. The summed E-state index contributed by atoms with van der Waals surface area (Å²) < 4.78 is 3.93. The number of likely N-dealkylation sites (tertiary alicyclic amines) is 1.